The van der Waals surface area contributed by atoms with E-state index in [0.717, 1.165) is 33.1 Å². The van der Waals surface area contributed by atoms with Gasteiger partial charge in [-0.1, -0.05) is 30.3 Å². The molecule has 4 rings (SSSR count). The lowest BCUT2D eigenvalue weighted by Gasteiger charge is -2.04. The second-order valence-electron chi connectivity index (χ2n) is 4.69. The van der Waals surface area contributed by atoms with Crippen LogP contribution in [-0.2, 0) is 0 Å². The molecule has 0 aliphatic rings. The molecule has 0 saturated heterocycles. The molecule has 0 unspecified atom stereocenters. The van der Waals surface area contributed by atoms with Crippen molar-refractivity contribution in [2.45, 2.75) is 0 Å². The van der Waals surface area contributed by atoms with Gasteiger partial charge in [-0.2, -0.15) is 0 Å². The lowest BCUT2D eigenvalue weighted by Crippen LogP contribution is -1.90. The summed E-state index contributed by atoms with van der Waals surface area (Å²) in [5.41, 5.74) is 1.97. The fraction of sp³-hybridized carbons (Fsp3) is 0. The Bertz CT molecular complexity index is 901. The molecule has 2 aromatic heterocycles. The molecule has 20 heavy (non-hydrogen) atoms. The molecule has 4 aromatic rings. The van der Waals surface area contributed by atoms with Crippen LogP contribution >= 0.6 is 0 Å². The fourth-order valence-electron chi connectivity index (χ4n) is 2.34. The van der Waals surface area contributed by atoms with Crippen molar-refractivity contribution in [2.75, 3.05) is 0 Å². The van der Waals surface area contributed by atoms with Crippen LogP contribution in [0, 0.1) is 0 Å². The summed E-state index contributed by atoms with van der Waals surface area (Å²) >= 11 is 0. The van der Waals surface area contributed by atoms with E-state index in [0.29, 0.717) is 0 Å². The molecular weight excluding hydrogens is 246 g/mol. The predicted octanol–water partition coefficient (Wildman–Crippen LogP) is 3.85. The van der Waals surface area contributed by atoms with Crippen LogP contribution < -0.4 is 0 Å². The van der Waals surface area contributed by atoms with Gasteiger partial charge >= 0.3 is 0 Å². The summed E-state index contributed by atoms with van der Waals surface area (Å²) in [5, 5.41) is 3.30. The standard InChI is InChI=1S/C17H11N3/c1-2-4-12(5-3-1)17-19-11-15-8-13-6-7-18-10-14(13)9-16(15)20-17/h1-11H. The van der Waals surface area contributed by atoms with Crippen molar-refractivity contribution < 1.29 is 0 Å². The Kier molecular flexibility index (Phi) is 2.42. The topological polar surface area (TPSA) is 38.7 Å². The summed E-state index contributed by atoms with van der Waals surface area (Å²) < 4.78 is 0. The van der Waals surface area contributed by atoms with E-state index in [-0.39, 0.29) is 0 Å². The third-order valence-electron chi connectivity index (χ3n) is 3.37. The van der Waals surface area contributed by atoms with Crippen molar-refractivity contribution in [1.82, 2.24) is 15.0 Å². The van der Waals surface area contributed by atoms with E-state index in [2.05, 4.69) is 27.1 Å². The molecule has 0 amide bonds. The Morgan fingerprint density at radius 3 is 2.55 bits per heavy atom. The summed E-state index contributed by atoms with van der Waals surface area (Å²) in [6, 6.07) is 16.2. The van der Waals surface area contributed by atoms with Gasteiger partial charge in [-0.05, 0) is 23.6 Å². The quantitative estimate of drug-likeness (QED) is 0.486. The summed E-state index contributed by atoms with van der Waals surface area (Å²) in [5.74, 6) is 0.751. The largest absolute Gasteiger partial charge is 0.264 e. The number of benzene rings is 2. The molecule has 0 saturated carbocycles. The Labute approximate surface area is 116 Å². The Hall–Kier alpha value is -2.81. The van der Waals surface area contributed by atoms with E-state index in [1.807, 2.05) is 48.8 Å². The van der Waals surface area contributed by atoms with Crippen molar-refractivity contribution in [3.63, 3.8) is 0 Å². The normalized spacial score (nSPS) is 11.0. The fourth-order valence-corrected chi connectivity index (χ4v) is 2.34. The zero-order valence-electron chi connectivity index (χ0n) is 10.7. The lowest BCUT2D eigenvalue weighted by molar-refractivity contribution is 1.23. The van der Waals surface area contributed by atoms with Gasteiger partial charge in [0, 0.05) is 34.9 Å². The summed E-state index contributed by atoms with van der Waals surface area (Å²) in [6.45, 7) is 0. The van der Waals surface area contributed by atoms with E-state index >= 15 is 0 Å². The van der Waals surface area contributed by atoms with Crippen LogP contribution in [0.2, 0.25) is 0 Å². The maximum Gasteiger partial charge on any atom is 0.159 e. The molecule has 0 atom stereocenters. The molecule has 0 bridgehead atoms. The minimum Gasteiger partial charge on any atom is -0.264 e. The summed E-state index contributed by atoms with van der Waals surface area (Å²) in [6.07, 6.45) is 5.54. The molecule has 0 fully saturated rings. The number of hydrogen-bond acceptors (Lipinski definition) is 3. The van der Waals surface area contributed by atoms with Gasteiger partial charge in [0.1, 0.15) is 0 Å². The van der Waals surface area contributed by atoms with Gasteiger partial charge in [-0.15, -0.1) is 0 Å². The number of hydrogen-bond donors (Lipinski definition) is 0. The first kappa shape index (κ1) is 11.1. The van der Waals surface area contributed by atoms with Gasteiger partial charge in [0.15, 0.2) is 5.82 Å². The van der Waals surface area contributed by atoms with E-state index in [1.165, 1.54) is 0 Å². The SMILES string of the molecule is c1ccc(-c2ncc3cc4ccncc4cc3n2)cc1. The van der Waals surface area contributed by atoms with E-state index in [4.69, 9.17) is 0 Å². The molecular formula is C17H11N3. The van der Waals surface area contributed by atoms with Crippen LogP contribution in [0.4, 0.5) is 0 Å². The number of rotatable bonds is 1. The van der Waals surface area contributed by atoms with Gasteiger partial charge in [0.05, 0.1) is 5.52 Å². The first-order valence-electron chi connectivity index (χ1n) is 6.46. The Morgan fingerprint density at radius 1 is 0.750 bits per heavy atom. The van der Waals surface area contributed by atoms with Crippen LogP contribution in [0.1, 0.15) is 0 Å². The van der Waals surface area contributed by atoms with E-state index in [9.17, 15) is 0 Å². The van der Waals surface area contributed by atoms with Crippen LogP contribution in [0.25, 0.3) is 33.1 Å². The average molecular weight is 257 g/mol. The van der Waals surface area contributed by atoms with Gasteiger partial charge in [0.2, 0.25) is 0 Å². The maximum atomic E-state index is 4.66. The highest BCUT2D eigenvalue weighted by Crippen LogP contribution is 2.22. The number of fused-ring (bicyclic) bond motifs is 2. The zero-order valence-corrected chi connectivity index (χ0v) is 10.7. The third kappa shape index (κ3) is 1.80. The molecule has 0 radical (unpaired) electrons. The second-order valence-corrected chi connectivity index (χ2v) is 4.69. The average Bonchev–Trinajstić information content (AvgIpc) is 2.53. The summed E-state index contributed by atoms with van der Waals surface area (Å²) in [7, 11) is 0. The molecule has 3 heteroatoms. The maximum absolute atomic E-state index is 4.66. The highest BCUT2D eigenvalue weighted by atomic mass is 14.9. The predicted molar refractivity (Wildman–Crippen MR) is 80.3 cm³/mol. The van der Waals surface area contributed by atoms with Crippen molar-refractivity contribution in [2.24, 2.45) is 0 Å². The smallest absolute Gasteiger partial charge is 0.159 e. The Balaban J connectivity index is 1.97. The van der Waals surface area contributed by atoms with Crippen molar-refractivity contribution in [1.29, 1.82) is 0 Å². The third-order valence-corrected chi connectivity index (χ3v) is 3.37. The van der Waals surface area contributed by atoms with Crippen molar-refractivity contribution in [3.8, 4) is 11.4 Å². The molecule has 0 aliphatic carbocycles. The molecule has 0 spiro atoms. The van der Waals surface area contributed by atoms with Crippen LogP contribution in [0.15, 0.2) is 67.1 Å². The highest BCUT2D eigenvalue weighted by Gasteiger charge is 2.04. The Morgan fingerprint density at radius 2 is 1.65 bits per heavy atom. The summed E-state index contributed by atoms with van der Waals surface area (Å²) in [4.78, 5) is 13.3. The number of pyridine rings is 1. The van der Waals surface area contributed by atoms with Crippen LogP contribution in [0.3, 0.4) is 0 Å². The lowest BCUT2D eigenvalue weighted by atomic mass is 10.1. The van der Waals surface area contributed by atoms with Crippen LogP contribution in [0.5, 0.6) is 0 Å². The second kappa shape index (κ2) is 4.38. The minimum absolute atomic E-state index is 0.751. The first-order chi connectivity index (χ1) is 9.90. The molecule has 2 aromatic carbocycles. The molecule has 0 aliphatic heterocycles. The molecule has 2 heterocycles. The molecule has 0 N–H and O–H groups in total. The van der Waals surface area contributed by atoms with E-state index < -0.39 is 0 Å². The molecule has 3 nitrogen and oxygen atoms in total. The number of aromatic nitrogens is 3. The van der Waals surface area contributed by atoms with Gasteiger partial charge in [-0.3, -0.25) is 4.98 Å². The van der Waals surface area contributed by atoms with E-state index in [1.54, 1.807) is 6.20 Å². The zero-order chi connectivity index (χ0) is 13.4. The minimum atomic E-state index is 0.751. The van der Waals surface area contributed by atoms with Crippen LogP contribution in [-0.4, -0.2) is 15.0 Å². The monoisotopic (exact) mass is 257 g/mol. The molecule has 94 valence electrons. The number of nitrogens with zero attached hydrogens (tertiary/aromatic N) is 3. The van der Waals surface area contributed by atoms with Crippen molar-refractivity contribution in [3.05, 3.63) is 67.1 Å². The first-order valence-corrected chi connectivity index (χ1v) is 6.46. The van der Waals surface area contributed by atoms with Gasteiger partial charge in [0.25, 0.3) is 0 Å². The van der Waals surface area contributed by atoms with Crippen molar-refractivity contribution >= 4 is 21.7 Å². The van der Waals surface area contributed by atoms with Gasteiger partial charge < -0.3 is 0 Å². The highest BCUT2D eigenvalue weighted by molar-refractivity contribution is 5.96. The van der Waals surface area contributed by atoms with Gasteiger partial charge in [-0.25, -0.2) is 9.97 Å².